The zero-order valence-electron chi connectivity index (χ0n) is 9.95. The second kappa shape index (κ2) is 3.83. The van der Waals surface area contributed by atoms with Crippen LogP contribution in [0.15, 0.2) is 46.1 Å². The van der Waals surface area contributed by atoms with E-state index in [2.05, 4.69) is 31.3 Å². The first-order chi connectivity index (χ1) is 9.33. The summed E-state index contributed by atoms with van der Waals surface area (Å²) >= 11 is 1.65. The molecular formula is C13H11N5S. The number of aliphatic imine (C=N–C) groups is 1. The van der Waals surface area contributed by atoms with E-state index >= 15 is 0 Å². The predicted molar refractivity (Wildman–Crippen MR) is 77.4 cm³/mol. The van der Waals surface area contributed by atoms with Gasteiger partial charge in [0.15, 0.2) is 12.1 Å². The molecule has 0 fully saturated rings. The maximum atomic E-state index is 5.86. The first-order valence-corrected chi connectivity index (χ1v) is 6.86. The highest BCUT2D eigenvalue weighted by molar-refractivity contribution is 7.08. The number of fused-ring (bicyclic) bond motifs is 3. The molecule has 3 heterocycles. The van der Waals surface area contributed by atoms with Crippen molar-refractivity contribution in [1.29, 1.82) is 0 Å². The summed E-state index contributed by atoms with van der Waals surface area (Å²) in [7, 11) is 0. The number of rotatable bonds is 1. The van der Waals surface area contributed by atoms with Gasteiger partial charge in [-0.25, -0.2) is 9.98 Å². The Bertz CT molecular complexity index is 772. The Morgan fingerprint density at radius 2 is 2.16 bits per heavy atom. The lowest BCUT2D eigenvalue weighted by Crippen LogP contribution is -2.31. The van der Waals surface area contributed by atoms with Crippen LogP contribution in [-0.2, 0) is 0 Å². The summed E-state index contributed by atoms with van der Waals surface area (Å²) in [6, 6.07) is 10.1. The lowest BCUT2D eigenvalue weighted by molar-refractivity contribution is 0.628. The van der Waals surface area contributed by atoms with Gasteiger partial charge >= 0.3 is 0 Å². The molecule has 0 bridgehead atoms. The van der Waals surface area contributed by atoms with Gasteiger partial charge in [0.2, 0.25) is 5.95 Å². The van der Waals surface area contributed by atoms with Crippen molar-refractivity contribution in [3.8, 4) is 0 Å². The van der Waals surface area contributed by atoms with E-state index in [0.717, 1.165) is 22.5 Å². The number of hydrogen-bond donors (Lipinski definition) is 2. The molecule has 6 heteroatoms. The zero-order chi connectivity index (χ0) is 12.8. The van der Waals surface area contributed by atoms with Crippen molar-refractivity contribution in [2.45, 2.75) is 6.17 Å². The average Bonchev–Trinajstić information content (AvgIpc) is 3.04. The molecule has 1 aromatic carbocycles. The fourth-order valence-corrected chi connectivity index (χ4v) is 3.03. The van der Waals surface area contributed by atoms with Crippen LogP contribution >= 0.6 is 11.3 Å². The minimum atomic E-state index is -0.144. The summed E-state index contributed by atoms with van der Waals surface area (Å²) in [5.41, 5.74) is 8.97. The van der Waals surface area contributed by atoms with Crippen LogP contribution in [0.1, 0.15) is 11.7 Å². The van der Waals surface area contributed by atoms with E-state index < -0.39 is 0 Å². The molecule has 1 aliphatic rings. The van der Waals surface area contributed by atoms with Crippen molar-refractivity contribution >= 4 is 34.3 Å². The van der Waals surface area contributed by atoms with Crippen molar-refractivity contribution < 1.29 is 0 Å². The predicted octanol–water partition coefficient (Wildman–Crippen LogP) is 2.38. The minimum Gasteiger partial charge on any atom is -0.370 e. The van der Waals surface area contributed by atoms with Crippen molar-refractivity contribution in [2.75, 3.05) is 5.32 Å². The second-order valence-corrected chi connectivity index (χ2v) is 5.14. The highest BCUT2D eigenvalue weighted by Crippen LogP contribution is 2.32. The van der Waals surface area contributed by atoms with E-state index in [1.165, 1.54) is 0 Å². The van der Waals surface area contributed by atoms with E-state index in [0.29, 0.717) is 5.96 Å². The van der Waals surface area contributed by atoms with Crippen molar-refractivity contribution in [1.82, 2.24) is 9.55 Å². The molecule has 3 N–H and O–H groups in total. The Labute approximate surface area is 113 Å². The standard InChI is InChI=1S/C13H11N5S/c14-12-16-11(8-5-6-19-7-8)18-10-4-2-1-3-9(10)15-13(18)17-12/h1-7,11H,(H3,14,15,16,17)/t11-/m0/s1. The molecule has 2 aromatic heterocycles. The monoisotopic (exact) mass is 269 g/mol. The molecule has 0 spiro atoms. The Balaban J connectivity index is 2.00. The van der Waals surface area contributed by atoms with Crippen molar-refractivity contribution in [3.63, 3.8) is 0 Å². The maximum absolute atomic E-state index is 5.86. The third-order valence-corrected chi connectivity index (χ3v) is 3.88. The number of anilines is 1. The minimum absolute atomic E-state index is 0.144. The van der Waals surface area contributed by atoms with E-state index in [-0.39, 0.29) is 6.17 Å². The van der Waals surface area contributed by atoms with Crippen molar-refractivity contribution in [2.24, 2.45) is 10.7 Å². The SMILES string of the molecule is NC1=N[C@H](c2ccsc2)n2c(nc3ccccc32)N1. The fraction of sp³-hybridized carbons (Fsp3) is 0.0769. The van der Waals surface area contributed by atoms with Crippen LogP contribution in [-0.4, -0.2) is 15.5 Å². The van der Waals surface area contributed by atoms with Crippen LogP contribution < -0.4 is 11.1 Å². The quantitative estimate of drug-likeness (QED) is 0.712. The fourth-order valence-electron chi connectivity index (χ4n) is 2.36. The molecule has 1 atom stereocenters. The number of hydrogen-bond acceptors (Lipinski definition) is 5. The molecule has 19 heavy (non-hydrogen) atoms. The van der Waals surface area contributed by atoms with Gasteiger partial charge in [-0.2, -0.15) is 11.3 Å². The summed E-state index contributed by atoms with van der Waals surface area (Å²) in [5, 5.41) is 7.16. The Hall–Kier alpha value is -2.34. The number of imidazole rings is 1. The van der Waals surface area contributed by atoms with Crippen LogP contribution in [0, 0.1) is 0 Å². The van der Waals surface area contributed by atoms with Crippen LogP contribution in [0.2, 0.25) is 0 Å². The first kappa shape index (κ1) is 10.6. The van der Waals surface area contributed by atoms with Gasteiger partial charge in [-0.15, -0.1) is 0 Å². The summed E-state index contributed by atoms with van der Waals surface area (Å²) < 4.78 is 2.08. The average molecular weight is 269 g/mol. The lowest BCUT2D eigenvalue weighted by Gasteiger charge is -2.22. The molecule has 4 rings (SSSR count). The number of nitrogens with two attached hydrogens (primary N) is 1. The highest BCUT2D eigenvalue weighted by atomic mass is 32.1. The van der Waals surface area contributed by atoms with Gasteiger partial charge in [0, 0.05) is 5.56 Å². The number of nitrogens with zero attached hydrogens (tertiary/aromatic N) is 3. The van der Waals surface area contributed by atoms with Crippen molar-refractivity contribution in [3.05, 3.63) is 46.7 Å². The van der Waals surface area contributed by atoms with E-state index in [1.54, 1.807) is 11.3 Å². The van der Waals surface area contributed by atoms with E-state index in [9.17, 15) is 0 Å². The third kappa shape index (κ3) is 1.53. The topological polar surface area (TPSA) is 68.2 Å². The lowest BCUT2D eigenvalue weighted by atomic mass is 10.2. The van der Waals surface area contributed by atoms with Gasteiger partial charge in [-0.3, -0.25) is 9.88 Å². The molecule has 0 amide bonds. The smallest absolute Gasteiger partial charge is 0.212 e. The zero-order valence-corrected chi connectivity index (χ0v) is 10.8. The van der Waals surface area contributed by atoms with Gasteiger partial charge in [0.1, 0.15) is 0 Å². The van der Waals surface area contributed by atoms with Gasteiger partial charge < -0.3 is 5.73 Å². The second-order valence-electron chi connectivity index (χ2n) is 4.36. The van der Waals surface area contributed by atoms with Gasteiger partial charge in [0.25, 0.3) is 0 Å². The molecular weight excluding hydrogens is 258 g/mol. The summed E-state index contributed by atoms with van der Waals surface area (Å²) in [6.07, 6.45) is -0.144. The number of nitrogens with one attached hydrogen (secondary N) is 1. The van der Waals surface area contributed by atoms with E-state index in [1.807, 2.05) is 29.6 Å². The molecule has 0 aliphatic carbocycles. The molecule has 1 aliphatic heterocycles. The molecule has 0 radical (unpaired) electrons. The normalized spacial score (nSPS) is 17.9. The number of benzene rings is 1. The van der Waals surface area contributed by atoms with Gasteiger partial charge in [-0.1, -0.05) is 12.1 Å². The Morgan fingerprint density at radius 3 is 3.00 bits per heavy atom. The summed E-state index contributed by atoms with van der Waals surface area (Å²) in [5.74, 6) is 1.14. The number of thiophene rings is 1. The van der Waals surface area contributed by atoms with Crippen LogP contribution in [0.3, 0.4) is 0 Å². The summed E-state index contributed by atoms with van der Waals surface area (Å²) in [4.78, 5) is 9.06. The molecule has 94 valence electrons. The number of guanidine groups is 1. The third-order valence-electron chi connectivity index (χ3n) is 3.18. The maximum Gasteiger partial charge on any atom is 0.212 e. The molecule has 0 unspecified atom stereocenters. The van der Waals surface area contributed by atoms with Gasteiger partial charge in [-0.05, 0) is 29.0 Å². The van der Waals surface area contributed by atoms with Crippen LogP contribution in [0.25, 0.3) is 11.0 Å². The number of para-hydroxylation sites is 2. The Morgan fingerprint density at radius 1 is 1.26 bits per heavy atom. The first-order valence-electron chi connectivity index (χ1n) is 5.92. The summed E-state index contributed by atoms with van der Waals surface area (Å²) in [6.45, 7) is 0. The molecule has 5 nitrogen and oxygen atoms in total. The molecule has 0 saturated carbocycles. The van der Waals surface area contributed by atoms with Crippen LogP contribution in [0.4, 0.5) is 5.95 Å². The highest BCUT2D eigenvalue weighted by Gasteiger charge is 2.24. The largest absolute Gasteiger partial charge is 0.370 e. The van der Waals surface area contributed by atoms with Gasteiger partial charge in [0.05, 0.1) is 11.0 Å². The van der Waals surface area contributed by atoms with Crippen LogP contribution in [0.5, 0.6) is 0 Å². The Kier molecular flexibility index (Phi) is 2.13. The number of aromatic nitrogens is 2. The van der Waals surface area contributed by atoms with E-state index in [4.69, 9.17) is 5.73 Å². The molecule has 0 saturated heterocycles. The molecule has 3 aromatic rings.